The highest BCUT2D eigenvalue weighted by Gasteiger charge is 2.05. The normalized spacial score (nSPS) is 13.2. The average molecular weight is 175 g/mol. The first kappa shape index (κ1) is 11.9. The van der Waals surface area contributed by atoms with Gasteiger partial charge >= 0.3 is 0 Å². The molecule has 3 heteroatoms. The molecule has 74 valence electrons. The second kappa shape index (κ2) is 8.97. The maximum atomic E-state index is 8.72. The van der Waals surface area contributed by atoms with Gasteiger partial charge in [0.05, 0.1) is 6.61 Å². The Morgan fingerprint density at radius 3 is 2.67 bits per heavy atom. The van der Waals surface area contributed by atoms with Crippen LogP contribution in [0, 0.1) is 0 Å². The van der Waals surface area contributed by atoms with E-state index in [0.717, 1.165) is 26.0 Å². The van der Waals surface area contributed by atoms with Gasteiger partial charge in [0, 0.05) is 19.3 Å². The molecule has 0 spiro atoms. The minimum Gasteiger partial charge on any atom is -0.396 e. The van der Waals surface area contributed by atoms with E-state index in [9.17, 15) is 0 Å². The molecule has 0 radical (unpaired) electrons. The van der Waals surface area contributed by atoms with E-state index < -0.39 is 0 Å². The van der Waals surface area contributed by atoms with Crippen molar-refractivity contribution in [2.45, 2.75) is 32.7 Å². The highest BCUT2D eigenvalue weighted by Crippen LogP contribution is 1.93. The lowest BCUT2D eigenvalue weighted by molar-refractivity contribution is 0.103. The molecule has 0 aromatic heterocycles. The Bertz CT molecular complexity index is 82.6. The fraction of sp³-hybridized carbons (Fsp3) is 1.00. The van der Waals surface area contributed by atoms with Crippen molar-refractivity contribution in [1.82, 2.24) is 5.32 Å². The molecule has 0 aromatic carbocycles. The summed E-state index contributed by atoms with van der Waals surface area (Å²) in [6, 6.07) is 0.312. The number of ether oxygens (including phenoxy) is 1. The Hall–Kier alpha value is -0.120. The molecule has 2 N–H and O–H groups in total. The quantitative estimate of drug-likeness (QED) is 0.535. The van der Waals surface area contributed by atoms with E-state index >= 15 is 0 Å². The van der Waals surface area contributed by atoms with Crippen molar-refractivity contribution >= 4 is 0 Å². The van der Waals surface area contributed by atoms with Crippen LogP contribution in [-0.2, 0) is 4.74 Å². The molecule has 3 nitrogen and oxygen atoms in total. The third kappa shape index (κ3) is 6.58. The molecule has 0 heterocycles. The molecule has 0 aliphatic carbocycles. The molecule has 12 heavy (non-hydrogen) atoms. The van der Waals surface area contributed by atoms with Crippen molar-refractivity contribution in [2.75, 3.05) is 26.4 Å². The van der Waals surface area contributed by atoms with Gasteiger partial charge in [0.15, 0.2) is 0 Å². The molecule has 0 fully saturated rings. The van der Waals surface area contributed by atoms with Crippen LogP contribution in [0.15, 0.2) is 0 Å². The Labute approximate surface area is 75.1 Å². The number of rotatable bonds is 8. The van der Waals surface area contributed by atoms with Crippen molar-refractivity contribution in [1.29, 1.82) is 0 Å². The van der Waals surface area contributed by atoms with Gasteiger partial charge < -0.3 is 15.2 Å². The number of aliphatic hydroxyl groups excluding tert-OH is 1. The highest BCUT2D eigenvalue weighted by atomic mass is 16.5. The predicted octanol–water partition coefficient (Wildman–Crippen LogP) is 0.773. The molecule has 1 unspecified atom stereocenters. The molecule has 0 bridgehead atoms. The second-order valence-electron chi connectivity index (χ2n) is 2.84. The molecule has 0 amide bonds. The Kier molecular flexibility index (Phi) is 8.88. The van der Waals surface area contributed by atoms with Crippen LogP contribution >= 0.6 is 0 Å². The SMILES string of the molecule is CCCOCC(CCO)NCC. The summed E-state index contributed by atoms with van der Waals surface area (Å²) in [7, 11) is 0. The lowest BCUT2D eigenvalue weighted by atomic mass is 10.2. The molecule has 0 saturated heterocycles. The van der Waals surface area contributed by atoms with E-state index in [1.807, 2.05) is 0 Å². The van der Waals surface area contributed by atoms with E-state index in [0.29, 0.717) is 12.6 Å². The molecular formula is C9H21NO2. The van der Waals surface area contributed by atoms with Crippen LogP contribution in [0.3, 0.4) is 0 Å². The third-order valence-corrected chi connectivity index (χ3v) is 1.64. The van der Waals surface area contributed by atoms with E-state index in [-0.39, 0.29) is 6.61 Å². The van der Waals surface area contributed by atoms with Crippen LogP contribution in [0.2, 0.25) is 0 Å². The fourth-order valence-corrected chi connectivity index (χ4v) is 1.06. The zero-order valence-electron chi connectivity index (χ0n) is 8.18. The molecule has 0 aromatic rings. The Morgan fingerprint density at radius 1 is 1.42 bits per heavy atom. The van der Waals surface area contributed by atoms with Gasteiger partial charge in [0.25, 0.3) is 0 Å². The molecule has 0 aliphatic rings. The highest BCUT2D eigenvalue weighted by molar-refractivity contribution is 4.63. The molecule has 0 aliphatic heterocycles. The van der Waals surface area contributed by atoms with E-state index in [1.165, 1.54) is 0 Å². The minimum atomic E-state index is 0.229. The van der Waals surface area contributed by atoms with Crippen molar-refractivity contribution < 1.29 is 9.84 Å². The second-order valence-corrected chi connectivity index (χ2v) is 2.84. The first-order valence-corrected chi connectivity index (χ1v) is 4.77. The van der Waals surface area contributed by atoms with Crippen molar-refractivity contribution in [2.24, 2.45) is 0 Å². The van der Waals surface area contributed by atoms with E-state index in [1.54, 1.807) is 0 Å². The van der Waals surface area contributed by atoms with Crippen molar-refractivity contribution in [3.63, 3.8) is 0 Å². The lowest BCUT2D eigenvalue weighted by Crippen LogP contribution is -2.34. The van der Waals surface area contributed by atoms with Crippen LogP contribution in [0.1, 0.15) is 26.7 Å². The molecule has 0 rings (SSSR count). The maximum Gasteiger partial charge on any atom is 0.0620 e. The first-order valence-electron chi connectivity index (χ1n) is 4.77. The standard InChI is InChI=1S/C9H21NO2/c1-3-7-12-8-9(5-6-11)10-4-2/h9-11H,3-8H2,1-2H3. The number of aliphatic hydroxyl groups is 1. The Balaban J connectivity index is 3.34. The number of nitrogens with one attached hydrogen (secondary N) is 1. The predicted molar refractivity (Wildman–Crippen MR) is 50.3 cm³/mol. The van der Waals surface area contributed by atoms with Gasteiger partial charge in [-0.25, -0.2) is 0 Å². The summed E-state index contributed by atoms with van der Waals surface area (Å²) in [5, 5.41) is 12.0. The summed E-state index contributed by atoms with van der Waals surface area (Å²) in [6.45, 7) is 6.83. The van der Waals surface area contributed by atoms with Crippen LogP contribution in [0.25, 0.3) is 0 Å². The topological polar surface area (TPSA) is 41.5 Å². The van der Waals surface area contributed by atoms with Crippen molar-refractivity contribution in [3.8, 4) is 0 Å². The summed E-state index contributed by atoms with van der Waals surface area (Å²) in [5.74, 6) is 0. The average Bonchev–Trinajstić information content (AvgIpc) is 2.06. The zero-order valence-corrected chi connectivity index (χ0v) is 8.18. The number of likely N-dealkylation sites (N-methyl/N-ethyl adjacent to an activating group) is 1. The molecular weight excluding hydrogens is 154 g/mol. The first-order chi connectivity index (χ1) is 5.85. The van der Waals surface area contributed by atoms with Crippen LogP contribution in [0.5, 0.6) is 0 Å². The number of hydrogen-bond donors (Lipinski definition) is 2. The smallest absolute Gasteiger partial charge is 0.0620 e. The summed E-state index contributed by atoms with van der Waals surface area (Å²) in [4.78, 5) is 0. The van der Waals surface area contributed by atoms with E-state index in [4.69, 9.17) is 9.84 Å². The van der Waals surface area contributed by atoms with Crippen LogP contribution in [-0.4, -0.2) is 37.5 Å². The van der Waals surface area contributed by atoms with Crippen molar-refractivity contribution in [3.05, 3.63) is 0 Å². The van der Waals surface area contributed by atoms with Gasteiger partial charge in [-0.3, -0.25) is 0 Å². The lowest BCUT2D eigenvalue weighted by Gasteiger charge is -2.16. The summed E-state index contributed by atoms with van der Waals surface area (Å²) < 4.78 is 5.38. The monoisotopic (exact) mass is 175 g/mol. The number of hydrogen-bond acceptors (Lipinski definition) is 3. The zero-order chi connectivity index (χ0) is 9.23. The van der Waals surface area contributed by atoms with Gasteiger partial charge in [-0.15, -0.1) is 0 Å². The van der Waals surface area contributed by atoms with Gasteiger partial charge in [0.1, 0.15) is 0 Å². The summed E-state index contributed by atoms with van der Waals surface area (Å²) in [5.41, 5.74) is 0. The Morgan fingerprint density at radius 2 is 2.17 bits per heavy atom. The minimum absolute atomic E-state index is 0.229. The molecule has 0 saturated carbocycles. The summed E-state index contributed by atoms with van der Waals surface area (Å²) in [6.07, 6.45) is 1.83. The van der Waals surface area contributed by atoms with Crippen LogP contribution < -0.4 is 5.32 Å². The van der Waals surface area contributed by atoms with Gasteiger partial charge in [-0.2, -0.15) is 0 Å². The van der Waals surface area contributed by atoms with Gasteiger partial charge in [0.2, 0.25) is 0 Å². The summed E-state index contributed by atoms with van der Waals surface area (Å²) >= 11 is 0. The maximum absolute atomic E-state index is 8.72. The molecule has 1 atom stereocenters. The fourth-order valence-electron chi connectivity index (χ4n) is 1.06. The van der Waals surface area contributed by atoms with Gasteiger partial charge in [-0.05, 0) is 19.4 Å². The van der Waals surface area contributed by atoms with Gasteiger partial charge in [-0.1, -0.05) is 13.8 Å². The third-order valence-electron chi connectivity index (χ3n) is 1.64. The van der Waals surface area contributed by atoms with Crippen LogP contribution in [0.4, 0.5) is 0 Å². The largest absolute Gasteiger partial charge is 0.396 e. The van der Waals surface area contributed by atoms with E-state index in [2.05, 4.69) is 19.2 Å².